The Morgan fingerprint density at radius 2 is 1.42 bits per heavy atom. The van der Waals surface area contributed by atoms with E-state index in [-0.39, 0.29) is 15.9 Å². The molecule has 1 aliphatic heterocycles. The number of nitrogens with one attached hydrogen (secondary N) is 2. The summed E-state index contributed by atoms with van der Waals surface area (Å²) in [4.78, 5) is 10.3. The van der Waals surface area contributed by atoms with E-state index in [2.05, 4.69) is 38.7 Å². The highest BCUT2D eigenvalue weighted by molar-refractivity contribution is 7.86. The number of hydrogen-bond acceptors (Lipinski definition) is 11. The van der Waals surface area contributed by atoms with E-state index in [9.17, 15) is 16.8 Å². The molecule has 4 N–H and O–H groups in total. The van der Waals surface area contributed by atoms with Crippen LogP contribution in [-0.2, 0) is 20.2 Å². The van der Waals surface area contributed by atoms with Crippen LogP contribution in [0.1, 0.15) is 29.7 Å². The van der Waals surface area contributed by atoms with E-state index < -0.39 is 20.2 Å². The van der Waals surface area contributed by atoms with E-state index in [0.29, 0.717) is 5.82 Å². The summed E-state index contributed by atoms with van der Waals surface area (Å²) in [5.41, 5.74) is 6.75. The molecule has 7 aromatic rings. The molecule has 4 aromatic heterocycles. The summed E-state index contributed by atoms with van der Waals surface area (Å²) in [5, 5.41) is 16.0. The van der Waals surface area contributed by atoms with Gasteiger partial charge < -0.3 is 10.1 Å². The molecule has 8 rings (SSSR count). The molecule has 0 unspecified atom stereocenters. The normalized spacial score (nSPS) is 13.4. The van der Waals surface area contributed by atoms with Crippen molar-refractivity contribution >= 4 is 37.1 Å². The van der Waals surface area contributed by atoms with E-state index in [1.54, 1.807) is 35.6 Å². The molecule has 14 nitrogen and oxygen atoms in total. The van der Waals surface area contributed by atoms with Crippen molar-refractivity contribution in [1.82, 2.24) is 35.1 Å². The highest BCUT2D eigenvalue weighted by atomic mass is 32.2. The Hall–Kier alpha value is -5.30. The maximum absolute atomic E-state index is 10.5. The molecule has 0 radical (unpaired) electrons. The molecule has 0 bridgehead atoms. The zero-order valence-electron chi connectivity index (χ0n) is 30.1. The molecule has 0 atom stereocenters. The molecular weight excluding hydrogens is 763 g/mol. The number of aromatic amines is 1. The highest BCUT2D eigenvalue weighted by Crippen LogP contribution is 2.41. The summed E-state index contributed by atoms with van der Waals surface area (Å²) in [6.45, 7) is 7.69. The summed E-state index contributed by atoms with van der Waals surface area (Å²) in [5.74, 6) is 1.58. The fraction of sp³-hybridized carbons (Fsp3) is 0.211. The molecule has 1 aliphatic rings. The van der Waals surface area contributed by atoms with Crippen LogP contribution >= 0.6 is 11.3 Å². The third kappa shape index (κ3) is 10.1. The SMILES string of the molecule is Cc1ccc(S(=O)(=O)O)cc1.Cc1ccc(S(=O)(=O)O)cc1.Cc1nn2ccc(OC3CCNCC3)cc2c1-c1nc(-c2ccccc2)c(-c2ncn[nH]2)s1. The second-order valence-electron chi connectivity index (χ2n) is 12.7. The fourth-order valence-electron chi connectivity index (χ4n) is 5.70. The lowest BCUT2D eigenvalue weighted by molar-refractivity contribution is 0.162. The lowest BCUT2D eigenvalue weighted by atomic mass is 10.1. The summed E-state index contributed by atoms with van der Waals surface area (Å²) < 4.78 is 67.3. The predicted octanol–water partition coefficient (Wildman–Crippen LogP) is 6.83. The van der Waals surface area contributed by atoms with Crippen LogP contribution in [0.25, 0.3) is 38.0 Å². The van der Waals surface area contributed by atoms with Crippen LogP contribution in [0, 0.1) is 20.8 Å². The number of benzene rings is 3. The molecule has 5 heterocycles. The van der Waals surface area contributed by atoms with Gasteiger partial charge in [0.05, 0.1) is 37.1 Å². The van der Waals surface area contributed by atoms with Crippen molar-refractivity contribution in [3.8, 4) is 38.3 Å². The molecule has 0 aliphatic carbocycles. The van der Waals surface area contributed by atoms with Crippen LogP contribution in [-0.4, -0.2) is 74.9 Å². The molecule has 55 heavy (non-hydrogen) atoms. The van der Waals surface area contributed by atoms with Gasteiger partial charge in [0, 0.05) is 17.8 Å². The summed E-state index contributed by atoms with van der Waals surface area (Å²) in [6.07, 6.45) is 5.76. The number of aryl methyl sites for hydroxylation is 3. The quantitative estimate of drug-likeness (QED) is 0.123. The molecule has 0 amide bonds. The van der Waals surface area contributed by atoms with Crippen molar-refractivity contribution < 1.29 is 30.7 Å². The number of hydrogen-bond donors (Lipinski definition) is 4. The molecule has 3 aromatic carbocycles. The maximum Gasteiger partial charge on any atom is 0.294 e. The van der Waals surface area contributed by atoms with Crippen LogP contribution in [0.3, 0.4) is 0 Å². The Balaban J connectivity index is 0.000000191. The Morgan fingerprint density at radius 1 is 0.818 bits per heavy atom. The van der Waals surface area contributed by atoms with Crippen molar-refractivity contribution in [3.05, 3.63) is 120 Å². The van der Waals surface area contributed by atoms with Gasteiger partial charge in [-0.2, -0.15) is 27.0 Å². The van der Waals surface area contributed by atoms with Crippen molar-refractivity contribution in [3.63, 3.8) is 0 Å². The minimum Gasteiger partial charge on any atom is -0.490 e. The third-order valence-corrected chi connectivity index (χ3v) is 11.3. The number of nitrogens with zero attached hydrogens (tertiary/aromatic N) is 5. The minimum atomic E-state index is -4.02. The summed E-state index contributed by atoms with van der Waals surface area (Å²) >= 11 is 1.59. The first-order chi connectivity index (χ1) is 26.3. The second kappa shape index (κ2) is 17.0. The minimum absolute atomic E-state index is 0.0666. The molecule has 0 saturated carbocycles. The van der Waals surface area contributed by atoms with E-state index in [4.69, 9.17) is 23.9 Å². The largest absolute Gasteiger partial charge is 0.490 e. The van der Waals surface area contributed by atoms with Gasteiger partial charge in [0.1, 0.15) is 23.2 Å². The zero-order valence-corrected chi connectivity index (χ0v) is 32.6. The fourth-order valence-corrected chi connectivity index (χ4v) is 7.80. The van der Waals surface area contributed by atoms with Gasteiger partial charge in [-0.05, 0) is 77.0 Å². The van der Waals surface area contributed by atoms with Crippen LogP contribution in [0.5, 0.6) is 5.75 Å². The van der Waals surface area contributed by atoms with Gasteiger partial charge in [-0.25, -0.2) is 14.5 Å². The topological polar surface area (TPSA) is 202 Å². The van der Waals surface area contributed by atoms with Crippen molar-refractivity contribution in [2.24, 2.45) is 0 Å². The number of pyridine rings is 1. The molecule has 1 fully saturated rings. The van der Waals surface area contributed by atoms with Crippen molar-refractivity contribution in [2.75, 3.05) is 13.1 Å². The predicted molar refractivity (Wildman–Crippen MR) is 210 cm³/mol. The Morgan fingerprint density at radius 3 is 1.96 bits per heavy atom. The standard InChI is InChI=1S/C24H23N7OS.2C7H8O3S/c1-15-20(19-13-18(9-12-31(19)30-15)32-17-7-10-25-11-8-17)24-28-21(16-5-3-2-4-6-16)22(33-24)23-26-14-27-29-23;2*1-6-2-4-7(5-3-6)11(8,9)10/h2-6,9,12-14,17,25H,7-8,10-11H2,1H3,(H,26,27,29);2*2-5H,1H3,(H,8,9,10). The average molecular weight is 802 g/mol. The average Bonchev–Trinajstić information content (AvgIpc) is 3.91. The van der Waals surface area contributed by atoms with Crippen LogP contribution in [0.4, 0.5) is 0 Å². The monoisotopic (exact) mass is 801 g/mol. The number of fused-ring (bicyclic) bond motifs is 1. The first-order valence-corrected chi connectivity index (χ1v) is 20.8. The van der Waals surface area contributed by atoms with Crippen LogP contribution < -0.4 is 10.1 Å². The van der Waals surface area contributed by atoms with Gasteiger partial charge in [0.15, 0.2) is 5.82 Å². The number of piperidine rings is 1. The second-order valence-corrected chi connectivity index (χ2v) is 16.5. The zero-order chi connectivity index (χ0) is 39.2. The molecular formula is C38H39N7O7S3. The summed E-state index contributed by atoms with van der Waals surface area (Å²) in [7, 11) is -8.04. The lowest BCUT2D eigenvalue weighted by Gasteiger charge is -2.23. The first-order valence-electron chi connectivity index (χ1n) is 17.1. The van der Waals surface area contributed by atoms with E-state index in [0.717, 1.165) is 80.7 Å². The van der Waals surface area contributed by atoms with Crippen LogP contribution in [0.2, 0.25) is 0 Å². The van der Waals surface area contributed by atoms with Gasteiger partial charge in [-0.15, -0.1) is 11.3 Å². The number of ether oxygens (including phenoxy) is 1. The third-order valence-electron chi connectivity index (χ3n) is 8.53. The van der Waals surface area contributed by atoms with Gasteiger partial charge >= 0.3 is 0 Å². The molecule has 1 saturated heterocycles. The summed E-state index contributed by atoms with van der Waals surface area (Å²) in [6, 6.07) is 26.2. The number of rotatable bonds is 7. The Bertz CT molecular complexity index is 2500. The highest BCUT2D eigenvalue weighted by Gasteiger charge is 2.23. The number of thiazole rings is 1. The van der Waals surface area contributed by atoms with Gasteiger partial charge in [-0.1, -0.05) is 65.7 Å². The maximum atomic E-state index is 10.5. The van der Waals surface area contributed by atoms with E-state index >= 15 is 0 Å². The molecule has 286 valence electrons. The smallest absolute Gasteiger partial charge is 0.294 e. The lowest BCUT2D eigenvalue weighted by Crippen LogP contribution is -2.34. The van der Waals surface area contributed by atoms with Crippen molar-refractivity contribution in [2.45, 2.75) is 49.5 Å². The van der Waals surface area contributed by atoms with Gasteiger partial charge in [-0.3, -0.25) is 14.2 Å². The Labute approximate surface area is 322 Å². The molecule has 17 heteroatoms. The van der Waals surface area contributed by atoms with Crippen LogP contribution in [0.15, 0.2) is 113 Å². The number of H-pyrrole nitrogens is 1. The Kier molecular flexibility index (Phi) is 12.2. The number of aromatic nitrogens is 6. The van der Waals surface area contributed by atoms with E-state index in [1.807, 2.05) is 55.7 Å². The first kappa shape index (κ1) is 39.4. The van der Waals surface area contributed by atoms with Crippen molar-refractivity contribution in [1.29, 1.82) is 0 Å². The van der Waals surface area contributed by atoms with Gasteiger partial charge in [0.2, 0.25) is 0 Å². The molecule has 0 spiro atoms. The van der Waals surface area contributed by atoms with Gasteiger partial charge in [0.25, 0.3) is 20.2 Å². The van der Waals surface area contributed by atoms with E-state index in [1.165, 1.54) is 30.6 Å².